The molecular weight excluding hydrogens is 266 g/mol. The maximum absolute atomic E-state index is 11.0. The summed E-state index contributed by atoms with van der Waals surface area (Å²) >= 11 is 0. The highest BCUT2D eigenvalue weighted by molar-refractivity contribution is 5.99. The van der Waals surface area contributed by atoms with E-state index in [0.717, 1.165) is 16.5 Å². The van der Waals surface area contributed by atoms with Crippen molar-refractivity contribution in [2.45, 2.75) is 0 Å². The molecule has 4 nitrogen and oxygen atoms in total. The Hall–Kier alpha value is -3.01. The number of phenols is 1. The van der Waals surface area contributed by atoms with Gasteiger partial charge in [0.2, 0.25) is 0 Å². The topological polar surface area (TPSA) is 69.6 Å². The van der Waals surface area contributed by atoms with Crippen LogP contribution in [0.15, 0.2) is 60.7 Å². The highest BCUT2D eigenvalue weighted by Crippen LogP contribution is 2.31. The Morgan fingerprint density at radius 1 is 0.905 bits per heavy atom. The number of benzene rings is 3. The van der Waals surface area contributed by atoms with Gasteiger partial charge in [0, 0.05) is 22.1 Å². The van der Waals surface area contributed by atoms with Gasteiger partial charge in [0.25, 0.3) is 0 Å². The fourth-order valence-corrected chi connectivity index (χ4v) is 2.29. The van der Waals surface area contributed by atoms with Gasteiger partial charge in [0.05, 0.1) is 5.56 Å². The summed E-state index contributed by atoms with van der Waals surface area (Å²) in [6.07, 6.45) is 0. The minimum absolute atomic E-state index is 0.218. The van der Waals surface area contributed by atoms with Gasteiger partial charge in [-0.05, 0) is 30.3 Å². The predicted octanol–water partition coefficient (Wildman–Crippen LogP) is 3.99. The lowest BCUT2D eigenvalue weighted by Crippen LogP contribution is -1.98. The molecule has 3 N–H and O–H groups in total. The smallest absolute Gasteiger partial charge is 0.335 e. The maximum atomic E-state index is 11.0. The number of carboxylic acid groups (broad SMARTS) is 1. The molecule has 0 aliphatic heterocycles. The number of hydrogen-bond donors (Lipinski definition) is 3. The number of fused-ring (bicyclic) bond motifs is 1. The molecule has 3 rings (SSSR count). The number of nitrogens with one attached hydrogen (secondary N) is 1. The van der Waals surface area contributed by atoms with Crippen LogP contribution in [-0.2, 0) is 0 Å². The maximum Gasteiger partial charge on any atom is 0.335 e. The minimum Gasteiger partial charge on any atom is -0.507 e. The number of aromatic hydroxyl groups is 1. The normalized spacial score (nSPS) is 10.5. The third-order valence-corrected chi connectivity index (χ3v) is 3.29. The van der Waals surface area contributed by atoms with E-state index in [2.05, 4.69) is 5.32 Å². The van der Waals surface area contributed by atoms with Gasteiger partial charge in [-0.2, -0.15) is 0 Å². The molecule has 0 amide bonds. The molecule has 0 heterocycles. The molecule has 0 aliphatic rings. The fraction of sp³-hybridized carbons (Fsp3) is 0. The standard InChI is InChI=1S/C17H13NO3/c19-16-9-3-6-13-14(16)7-2-8-15(13)18-12-5-1-4-11(10-12)17(20)21/h1-10,18-19H,(H,20,21). The van der Waals surface area contributed by atoms with Crippen LogP contribution < -0.4 is 5.32 Å². The van der Waals surface area contributed by atoms with Crippen LogP contribution in [0.1, 0.15) is 10.4 Å². The number of phenolic OH excluding ortho intramolecular Hbond substituents is 1. The molecule has 0 bridgehead atoms. The second-order valence-electron chi connectivity index (χ2n) is 4.69. The first kappa shape index (κ1) is 13.0. The molecule has 3 aromatic carbocycles. The molecule has 3 aromatic rings. The van der Waals surface area contributed by atoms with Crippen molar-refractivity contribution in [3.8, 4) is 5.75 Å². The van der Waals surface area contributed by atoms with Gasteiger partial charge in [-0.25, -0.2) is 4.79 Å². The number of carbonyl (C=O) groups is 1. The van der Waals surface area contributed by atoms with Crippen molar-refractivity contribution in [3.05, 3.63) is 66.2 Å². The van der Waals surface area contributed by atoms with E-state index in [0.29, 0.717) is 5.69 Å². The first-order valence-electron chi connectivity index (χ1n) is 6.46. The van der Waals surface area contributed by atoms with Crippen LogP contribution in [0, 0.1) is 0 Å². The zero-order valence-corrected chi connectivity index (χ0v) is 11.1. The van der Waals surface area contributed by atoms with Crippen LogP contribution in [0.2, 0.25) is 0 Å². The van der Waals surface area contributed by atoms with Crippen LogP contribution in [0.25, 0.3) is 10.8 Å². The second-order valence-corrected chi connectivity index (χ2v) is 4.69. The lowest BCUT2D eigenvalue weighted by Gasteiger charge is -2.11. The summed E-state index contributed by atoms with van der Waals surface area (Å²) in [6, 6.07) is 17.5. The lowest BCUT2D eigenvalue weighted by atomic mass is 10.1. The Bertz CT molecular complexity index is 827. The number of carboxylic acids is 1. The van der Waals surface area contributed by atoms with Gasteiger partial charge in [-0.15, -0.1) is 0 Å². The van der Waals surface area contributed by atoms with E-state index < -0.39 is 5.97 Å². The third kappa shape index (κ3) is 2.51. The van der Waals surface area contributed by atoms with Gasteiger partial charge < -0.3 is 15.5 Å². The Morgan fingerprint density at radius 3 is 2.43 bits per heavy atom. The zero-order valence-electron chi connectivity index (χ0n) is 11.1. The van der Waals surface area contributed by atoms with E-state index in [1.54, 1.807) is 36.4 Å². The van der Waals surface area contributed by atoms with E-state index in [9.17, 15) is 9.90 Å². The summed E-state index contributed by atoms with van der Waals surface area (Å²) in [5.74, 6) is -0.746. The monoisotopic (exact) mass is 279 g/mol. The van der Waals surface area contributed by atoms with Crippen LogP contribution in [0.5, 0.6) is 5.75 Å². The second kappa shape index (κ2) is 5.17. The molecule has 0 unspecified atom stereocenters. The van der Waals surface area contributed by atoms with Gasteiger partial charge in [-0.1, -0.05) is 30.3 Å². The highest BCUT2D eigenvalue weighted by Gasteiger charge is 2.06. The van der Waals surface area contributed by atoms with Crippen molar-refractivity contribution < 1.29 is 15.0 Å². The van der Waals surface area contributed by atoms with Gasteiger partial charge >= 0.3 is 5.97 Å². The van der Waals surface area contributed by atoms with Crippen molar-refractivity contribution >= 4 is 28.1 Å². The number of rotatable bonds is 3. The highest BCUT2D eigenvalue weighted by atomic mass is 16.4. The van der Waals surface area contributed by atoms with Crippen LogP contribution >= 0.6 is 0 Å². The van der Waals surface area contributed by atoms with Crippen molar-refractivity contribution in [2.24, 2.45) is 0 Å². The molecule has 0 aromatic heterocycles. The van der Waals surface area contributed by atoms with Crippen LogP contribution in [0.4, 0.5) is 11.4 Å². The molecule has 0 aliphatic carbocycles. The quantitative estimate of drug-likeness (QED) is 0.678. The number of aromatic carboxylic acids is 1. The molecule has 0 saturated carbocycles. The van der Waals surface area contributed by atoms with E-state index >= 15 is 0 Å². The van der Waals surface area contributed by atoms with Crippen molar-refractivity contribution in [3.63, 3.8) is 0 Å². The zero-order chi connectivity index (χ0) is 14.8. The van der Waals surface area contributed by atoms with E-state index in [1.165, 1.54) is 0 Å². The summed E-state index contributed by atoms with van der Waals surface area (Å²) in [5, 5.41) is 23.7. The SMILES string of the molecule is O=C(O)c1cccc(Nc2cccc3c(O)cccc23)c1. The van der Waals surface area contributed by atoms with Crippen LogP contribution in [0.3, 0.4) is 0 Å². The van der Waals surface area contributed by atoms with Crippen molar-refractivity contribution in [2.75, 3.05) is 5.32 Å². The molecule has 0 saturated heterocycles. The Labute approximate surface area is 121 Å². The predicted molar refractivity (Wildman–Crippen MR) is 82.3 cm³/mol. The minimum atomic E-state index is -0.964. The summed E-state index contributed by atoms with van der Waals surface area (Å²) in [6.45, 7) is 0. The average molecular weight is 279 g/mol. The van der Waals surface area contributed by atoms with E-state index in [4.69, 9.17) is 5.11 Å². The van der Waals surface area contributed by atoms with E-state index in [-0.39, 0.29) is 11.3 Å². The van der Waals surface area contributed by atoms with Gasteiger partial charge in [-0.3, -0.25) is 0 Å². The molecule has 4 heteroatoms. The Morgan fingerprint density at radius 2 is 1.62 bits per heavy atom. The van der Waals surface area contributed by atoms with Gasteiger partial charge in [0.15, 0.2) is 0 Å². The Balaban J connectivity index is 2.04. The molecule has 0 fully saturated rings. The molecule has 104 valence electrons. The fourth-order valence-electron chi connectivity index (χ4n) is 2.29. The first-order valence-corrected chi connectivity index (χ1v) is 6.46. The first-order chi connectivity index (χ1) is 10.1. The molecule has 0 spiro atoms. The number of hydrogen-bond acceptors (Lipinski definition) is 3. The van der Waals surface area contributed by atoms with E-state index in [1.807, 2.05) is 24.3 Å². The Kier molecular flexibility index (Phi) is 3.20. The summed E-state index contributed by atoms with van der Waals surface area (Å²) in [4.78, 5) is 11.0. The molecular formula is C17H13NO3. The molecule has 0 atom stereocenters. The van der Waals surface area contributed by atoms with Crippen molar-refractivity contribution in [1.29, 1.82) is 0 Å². The van der Waals surface area contributed by atoms with Crippen molar-refractivity contribution in [1.82, 2.24) is 0 Å². The largest absolute Gasteiger partial charge is 0.507 e. The molecule has 21 heavy (non-hydrogen) atoms. The summed E-state index contributed by atoms with van der Waals surface area (Å²) in [5.41, 5.74) is 1.72. The third-order valence-electron chi connectivity index (χ3n) is 3.29. The summed E-state index contributed by atoms with van der Waals surface area (Å²) < 4.78 is 0. The molecule has 0 radical (unpaired) electrons. The summed E-state index contributed by atoms with van der Waals surface area (Å²) in [7, 11) is 0. The average Bonchev–Trinajstić information content (AvgIpc) is 2.49. The van der Waals surface area contributed by atoms with Gasteiger partial charge in [0.1, 0.15) is 5.75 Å². The lowest BCUT2D eigenvalue weighted by molar-refractivity contribution is 0.0697. The van der Waals surface area contributed by atoms with Crippen LogP contribution in [-0.4, -0.2) is 16.2 Å². The number of anilines is 2.